The van der Waals surface area contributed by atoms with Crippen LogP contribution in [0.4, 0.5) is 0 Å². The molecular weight excluding hydrogens is 346 g/mol. The van der Waals surface area contributed by atoms with Gasteiger partial charge in [0.05, 0.1) is 11.7 Å². The second-order valence-electron chi connectivity index (χ2n) is 4.89. The van der Waals surface area contributed by atoms with E-state index < -0.39 is 21.9 Å². The van der Waals surface area contributed by atoms with Crippen LogP contribution in [-0.4, -0.2) is 36.9 Å². The average Bonchev–Trinajstić information content (AvgIpc) is 2.41. The van der Waals surface area contributed by atoms with Gasteiger partial charge in [-0.2, -0.15) is 0 Å². The summed E-state index contributed by atoms with van der Waals surface area (Å²) in [5.41, 5.74) is 0.730. The Hall–Kier alpha value is -0.920. The number of carboxylic acids is 1. The van der Waals surface area contributed by atoms with Crippen molar-refractivity contribution in [2.75, 3.05) is 13.1 Å². The minimum absolute atomic E-state index is 0.0436. The zero-order valence-electron chi connectivity index (χ0n) is 10.8. The minimum atomic E-state index is -3.37. The number of piperidine rings is 1. The van der Waals surface area contributed by atoms with Crippen LogP contribution >= 0.6 is 15.9 Å². The number of nitrogens with zero attached hydrogens (tertiary/aromatic N) is 1. The van der Waals surface area contributed by atoms with Crippen LogP contribution < -0.4 is 0 Å². The number of benzene rings is 1. The highest BCUT2D eigenvalue weighted by Gasteiger charge is 2.30. The molecule has 7 heteroatoms. The van der Waals surface area contributed by atoms with Gasteiger partial charge in [-0.1, -0.05) is 28.1 Å². The molecule has 1 aliphatic heterocycles. The van der Waals surface area contributed by atoms with E-state index in [2.05, 4.69) is 15.9 Å². The van der Waals surface area contributed by atoms with Gasteiger partial charge in [-0.15, -0.1) is 0 Å². The number of hydrogen-bond donors (Lipinski definition) is 1. The molecule has 110 valence electrons. The zero-order valence-corrected chi connectivity index (χ0v) is 13.2. The Labute approximate surface area is 126 Å². The summed E-state index contributed by atoms with van der Waals surface area (Å²) in [6, 6.07) is 7.15. The second-order valence-corrected chi connectivity index (χ2v) is 7.78. The van der Waals surface area contributed by atoms with Crippen molar-refractivity contribution in [1.82, 2.24) is 4.31 Å². The summed E-state index contributed by atoms with van der Waals surface area (Å²) in [5, 5.41) is 8.92. The lowest BCUT2D eigenvalue weighted by molar-refractivity contribution is -0.142. The first-order chi connectivity index (χ1) is 9.38. The minimum Gasteiger partial charge on any atom is -0.481 e. The largest absolute Gasteiger partial charge is 0.481 e. The van der Waals surface area contributed by atoms with Gasteiger partial charge < -0.3 is 5.11 Å². The summed E-state index contributed by atoms with van der Waals surface area (Å²) in [5.74, 6) is -1.30. The molecule has 0 amide bonds. The molecule has 0 saturated carbocycles. The van der Waals surface area contributed by atoms with Gasteiger partial charge in [-0.3, -0.25) is 4.79 Å². The summed E-state index contributed by atoms with van der Waals surface area (Å²) in [7, 11) is -3.37. The van der Waals surface area contributed by atoms with Crippen molar-refractivity contribution in [3.8, 4) is 0 Å². The van der Waals surface area contributed by atoms with Crippen LogP contribution in [0.15, 0.2) is 28.7 Å². The fourth-order valence-electron chi connectivity index (χ4n) is 2.26. The van der Waals surface area contributed by atoms with Gasteiger partial charge in [-0.25, -0.2) is 12.7 Å². The molecule has 0 radical (unpaired) electrons. The average molecular weight is 362 g/mol. The molecule has 2 rings (SSSR count). The van der Waals surface area contributed by atoms with Gasteiger partial charge in [0.15, 0.2) is 0 Å². The van der Waals surface area contributed by atoms with Crippen molar-refractivity contribution in [2.45, 2.75) is 18.6 Å². The number of halogens is 1. The quantitative estimate of drug-likeness (QED) is 0.890. The van der Waals surface area contributed by atoms with E-state index in [-0.39, 0.29) is 18.8 Å². The third-order valence-electron chi connectivity index (χ3n) is 3.46. The molecule has 1 saturated heterocycles. The topological polar surface area (TPSA) is 74.7 Å². The molecule has 1 aromatic rings. The monoisotopic (exact) mass is 361 g/mol. The molecule has 1 N–H and O–H groups in total. The first kappa shape index (κ1) is 15.5. The van der Waals surface area contributed by atoms with Crippen LogP contribution in [-0.2, 0) is 20.6 Å². The predicted molar refractivity (Wildman–Crippen MR) is 78.7 cm³/mol. The third kappa shape index (κ3) is 3.80. The highest BCUT2D eigenvalue weighted by Crippen LogP contribution is 2.22. The van der Waals surface area contributed by atoms with Gasteiger partial charge in [0.25, 0.3) is 0 Å². The van der Waals surface area contributed by atoms with Crippen LogP contribution in [0.2, 0.25) is 0 Å². The predicted octanol–water partition coefficient (Wildman–Crippen LogP) is 2.08. The van der Waals surface area contributed by atoms with Crippen molar-refractivity contribution in [3.05, 3.63) is 34.3 Å². The van der Waals surface area contributed by atoms with Gasteiger partial charge >= 0.3 is 5.97 Å². The van der Waals surface area contributed by atoms with Crippen molar-refractivity contribution in [2.24, 2.45) is 5.92 Å². The molecule has 5 nitrogen and oxygen atoms in total. The number of carboxylic acid groups (broad SMARTS) is 1. The maximum atomic E-state index is 12.3. The fraction of sp³-hybridized carbons (Fsp3) is 0.462. The first-order valence-corrected chi connectivity index (χ1v) is 8.74. The Morgan fingerprint density at radius 2 is 1.80 bits per heavy atom. The lowest BCUT2D eigenvalue weighted by Crippen LogP contribution is -2.40. The number of hydrogen-bond acceptors (Lipinski definition) is 3. The Kier molecular flexibility index (Phi) is 4.82. The van der Waals surface area contributed by atoms with Gasteiger partial charge in [-0.05, 0) is 30.5 Å². The number of sulfonamides is 1. The molecular formula is C13H16BrNO4S. The van der Waals surface area contributed by atoms with Crippen LogP contribution in [0.3, 0.4) is 0 Å². The van der Waals surface area contributed by atoms with Gasteiger partial charge in [0, 0.05) is 17.6 Å². The summed E-state index contributed by atoms with van der Waals surface area (Å²) < 4.78 is 26.9. The molecule has 0 bridgehead atoms. The molecule has 0 unspecified atom stereocenters. The standard InChI is InChI=1S/C13H16BrNO4S/c14-12-3-1-10(2-4-12)9-20(18,19)15-7-5-11(6-8-15)13(16)17/h1-4,11H,5-9H2,(H,16,17). The molecule has 20 heavy (non-hydrogen) atoms. The lowest BCUT2D eigenvalue weighted by Gasteiger charge is -2.29. The van der Waals surface area contributed by atoms with Crippen LogP contribution in [0, 0.1) is 5.92 Å². The highest BCUT2D eigenvalue weighted by atomic mass is 79.9. The Balaban J connectivity index is 2.01. The maximum absolute atomic E-state index is 12.3. The Morgan fingerprint density at radius 1 is 1.25 bits per heavy atom. The van der Waals surface area contributed by atoms with E-state index in [0.717, 1.165) is 10.0 Å². The first-order valence-electron chi connectivity index (χ1n) is 6.33. The van der Waals surface area contributed by atoms with Crippen LogP contribution in [0.5, 0.6) is 0 Å². The van der Waals surface area contributed by atoms with Crippen LogP contribution in [0.25, 0.3) is 0 Å². The van der Waals surface area contributed by atoms with E-state index in [4.69, 9.17) is 5.11 Å². The molecule has 1 heterocycles. The number of rotatable bonds is 4. The summed E-state index contributed by atoms with van der Waals surface area (Å²) in [6.07, 6.45) is 0.768. The van der Waals surface area contributed by atoms with E-state index in [1.54, 1.807) is 12.1 Å². The molecule has 0 aliphatic carbocycles. The van der Waals surface area contributed by atoms with Crippen LogP contribution in [0.1, 0.15) is 18.4 Å². The van der Waals surface area contributed by atoms with Crippen molar-refractivity contribution in [1.29, 1.82) is 0 Å². The third-order valence-corrected chi connectivity index (χ3v) is 5.84. The molecule has 0 atom stereocenters. The molecule has 1 fully saturated rings. The molecule has 1 aromatic carbocycles. The Morgan fingerprint density at radius 3 is 2.30 bits per heavy atom. The summed E-state index contributed by atoms with van der Waals surface area (Å²) in [4.78, 5) is 10.9. The number of aliphatic carboxylic acids is 1. The lowest BCUT2D eigenvalue weighted by atomic mass is 9.99. The second kappa shape index (κ2) is 6.24. The highest BCUT2D eigenvalue weighted by molar-refractivity contribution is 9.10. The molecule has 1 aliphatic rings. The molecule has 0 spiro atoms. The van der Waals surface area contributed by atoms with E-state index in [0.29, 0.717) is 12.8 Å². The summed E-state index contributed by atoms with van der Waals surface area (Å²) >= 11 is 3.31. The van der Waals surface area contributed by atoms with Gasteiger partial charge in [0.1, 0.15) is 0 Å². The normalized spacial score (nSPS) is 18.1. The summed E-state index contributed by atoms with van der Waals surface area (Å²) in [6.45, 7) is 0.575. The van der Waals surface area contributed by atoms with Crippen molar-refractivity contribution < 1.29 is 18.3 Å². The Bertz CT molecular complexity index is 577. The van der Waals surface area contributed by atoms with Crippen molar-refractivity contribution >= 4 is 31.9 Å². The SMILES string of the molecule is O=C(O)C1CCN(S(=O)(=O)Cc2ccc(Br)cc2)CC1. The van der Waals surface area contributed by atoms with E-state index in [1.165, 1.54) is 4.31 Å². The maximum Gasteiger partial charge on any atom is 0.306 e. The zero-order chi connectivity index (χ0) is 14.8. The molecule has 0 aromatic heterocycles. The van der Waals surface area contributed by atoms with Crippen molar-refractivity contribution in [3.63, 3.8) is 0 Å². The van der Waals surface area contributed by atoms with Gasteiger partial charge in [0.2, 0.25) is 10.0 Å². The van der Waals surface area contributed by atoms with E-state index in [1.807, 2.05) is 12.1 Å². The van der Waals surface area contributed by atoms with E-state index >= 15 is 0 Å². The smallest absolute Gasteiger partial charge is 0.306 e. The van der Waals surface area contributed by atoms with E-state index in [9.17, 15) is 13.2 Å². The fourth-order valence-corrected chi connectivity index (χ4v) is 4.09. The number of carbonyl (C=O) groups is 1.